The van der Waals surface area contributed by atoms with Crippen molar-refractivity contribution in [2.75, 3.05) is 13.2 Å². The Labute approximate surface area is 147 Å². The SMILES string of the molecule is CC(C)(C)NC(N)=NCc1cc(Cl)c2c(c1)OCCO2.I. The molecule has 118 valence electrons. The van der Waals surface area contributed by atoms with Crippen molar-refractivity contribution >= 4 is 41.5 Å². The second-order valence-corrected chi connectivity index (χ2v) is 6.09. The monoisotopic (exact) mass is 425 g/mol. The van der Waals surface area contributed by atoms with E-state index in [1.165, 1.54) is 0 Å². The fraction of sp³-hybridized carbons (Fsp3) is 0.500. The Balaban J connectivity index is 0.00000220. The summed E-state index contributed by atoms with van der Waals surface area (Å²) in [6, 6.07) is 3.71. The molecule has 2 rings (SSSR count). The lowest BCUT2D eigenvalue weighted by molar-refractivity contribution is 0.171. The van der Waals surface area contributed by atoms with E-state index in [1.807, 2.05) is 32.9 Å². The standard InChI is InChI=1S/C14H20ClN3O2.HI/c1-14(2,3)18-13(16)17-8-9-6-10(15)12-11(7-9)19-4-5-20-12;/h6-7H,4-5,8H2,1-3H3,(H3,16,17,18);1H. The molecule has 21 heavy (non-hydrogen) atoms. The van der Waals surface area contributed by atoms with Gasteiger partial charge in [0.05, 0.1) is 11.6 Å². The van der Waals surface area contributed by atoms with Crippen molar-refractivity contribution in [3.05, 3.63) is 22.7 Å². The molecule has 0 saturated carbocycles. The van der Waals surface area contributed by atoms with Gasteiger partial charge in [-0.25, -0.2) is 4.99 Å². The molecule has 1 heterocycles. The van der Waals surface area contributed by atoms with Crippen LogP contribution < -0.4 is 20.5 Å². The third-order valence-corrected chi connectivity index (χ3v) is 2.87. The maximum absolute atomic E-state index is 6.17. The van der Waals surface area contributed by atoms with E-state index in [2.05, 4.69) is 10.3 Å². The number of rotatable bonds is 2. The summed E-state index contributed by atoms with van der Waals surface area (Å²) in [5.74, 6) is 1.67. The molecule has 0 saturated heterocycles. The summed E-state index contributed by atoms with van der Waals surface area (Å²) in [6.07, 6.45) is 0. The second-order valence-electron chi connectivity index (χ2n) is 5.68. The average Bonchev–Trinajstić information content (AvgIpc) is 2.34. The van der Waals surface area contributed by atoms with Crippen LogP contribution in [-0.4, -0.2) is 24.7 Å². The van der Waals surface area contributed by atoms with Crippen LogP contribution in [0.1, 0.15) is 26.3 Å². The first-order valence-corrected chi connectivity index (χ1v) is 6.89. The highest BCUT2D eigenvalue weighted by molar-refractivity contribution is 14.0. The van der Waals surface area contributed by atoms with Crippen LogP contribution in [0, 0.1) is 0 Å². The van der Waals surface area contributed by atoms with Gasteiger partial charge in [0.2, 0.25) is 0 Å². The molecule has 1 aliphatic rings. The maximum Gasteiger partial charge on any atom is 0.189 e. The van der Waals surface area contributed by atoms with E-state index in [0.717, 1.165) is 5.56 Å². The molecule has 0 aromatic heterocycles. The molecule has 0 radical (unpaired) electrons. The maximum atomic E-state index is 6.17. The average molecular weight is 426 g/mol. The third-order valence-electron chi connectivity index (χ3n) is 2.59. The number of benzene rings is 1. The Kier molecular flexibility index (Phi) is 6.40. The summed E-state index contributed by atoms with van der Waals surface area (Å²) in [5.41, 5.74) is 6.65. The van der Waals surface area contributed by atoms with Gasteiger partial charge in [0.15, 0.2) is 17.5 Å². The topological polar surface area (TPSA) is 68.9 Å². The molecule has 0 fully saturated rings. The van der Waals surface area contributed by atoms with Crippen molar-refractivity contribution < 1.29 is 9.47 Å². The molecule has 7 heteroatoms. The van der Waals surface area contributed by atoms with Gasteiger partial charge in [0.25, 0.3) is 0 Å². The minimum atomic E-state index is -0.113. The molecule has 0 spiro atoms. The van der Waals surface area contributed by atoms with Crippen molar-refractivity contribution in [2.45, 2.75) is 32.9 Å². The second kappa shape index (κ2) is 7.40. The highest BCUT2D eigenvalue weighted by atomic mass is 127. The number of guanidine groups is 1. The lowest BCUT2D eigenvalue weighted by atomic mass is 10.1. The molecule has 1 aliphatic heterocycles. The van der Waals surface area contributed by atoms with Gasteiger partial charge < -0.3 is 20.5 Å². The molecule has 0 amide bonds. The highest BCUT2D eigenvalue weighted by Crippen LogP contribution is 2.38. The summed E-state index contributed by atoms with van der Waals surface area (Å²) < 4.78 is 11.0. The van der Waals surface area contributed by atoms with E-state index >= 15 is 0 Å². The number of fused-ring (bicyclic) bond motifs is 1. The third kappa shape index (κ3) is 5.43. The molecular formula is C14H21ClIN3O2. The minimum Gasteiger partial charge on any atom is -0.486 e. The number of nitrogens with one attached hydrogen (secondary N) is 1. The van der Waals surface area contributed by atoms with E-state index in [0.29, 0.717) is 42.2 Å². The van der Waals surface area contributed by atoms with Crippen molar-refractivity contribution in [1.82, 2.24) is 5.32 Å². The van der Waals surface area contributed by atoms with Gasteiger partial charge in [-0.05, 0) is 38.5 Å². The van der Waals surface area contributed by atoms with Crippen LogP contribution in [0.15, 0.2) is 17.1 Å². The van der Waals surface area contributed by atoms with E-state index in [9.17, 15) is 0 Å². The molecular weight excluding hydrogens is 405 g/mol. The molecule has 3 N–H and O–H groups in total. The lowest BCUT2D eigenvalue weighted by Crippen LogP contribution is -2.44. The van der Waals surface area contributed by atoms with Gasteiger partial charge in [-0.15, -0.1) is 24.0 Å². The summed E-state index contributed by atoms with van der Waals surface area (Å²) in [5, 5.41) is 3.64. The normalized spacial score (nSPS) is 14.4. The molecule has 0 atom stereocenters. The van der Waals surface area contributed by atoms with Gasteiger partial charge >= 0.3 is 0 Å². The quantitative estimate of drug-likeness (QED) is 0.434. The van der Waals surface area contributed by atoms with Crippen molar-refractivity contribution in [2.24, 2.45) is 10.7 Å². The Bertz CT molecular complexity index is 530. The van der Waals surface area contributed by atoms with Crippen molar-refractivity contribution in [3.8, 4) is 11.5 Å². The van der Waals surface area contributed by atoms with Crippen LogP contribution in [0.2, 0.25) is 5.02 Å². The van der Waals surface area contributed by atoms with Crippen LogP contribution in [-0.2, 0) is 6.54 Å². The smallest absolute Gasteiger partial charge is 0.189 e. The molecule has 0 bridgehead atoms. The van der Waals surface area contributed by atoms with Gasteiger partial charge in [0, 0.05) is 5.54 Å². The number of nitrogens with two attached hydrogens (primary N) is 1. The molecule has 0 unspecified atom stereocenters. The van der Waals surface area contributed by atoms with Crippen LogP contribution in [0.5, 0.6) is 11.5 Å². The van der Waals surface area contributed by atoms with E-state index in [4.69, 9.17) is 26.8 Å². The van der Waals surface area contributed by atoms with Gasteiger partial charge in [-0.2, -0.15) is 0 Å². The van der Waals surface area contributed by atoms with Gasteiger partial charge in [-0.1, -0.05) is 11.6 Å². The summed E-state index contributed by atoms with van der Waals surface area (Å²) >= 11 is 6.17. The largest absolute Gasteiger partial charge is 0.486 e. The van der Waals surface area contributed by atoms with Crippen LogP contribution in [0.3, 0.4) is 0 Å². The lowest BCUT2D eigenvalue weighted by Gasteiger charge is -2.21. The minimum absolute atomic E-state index is 0. The number of nitrogens with zero attached hydrogens (tertiary/aromatic N) is 1. The number of aliphatic imine (C=N–C) groups is 1. The molecule has 1 aromatic rings. The van der Waals surface area contributed by atoms with E-state index in [-0.39, 0.29) is 29.5 Å². The van der Waals surface area contributed by atoms with Gasteiger partial charge in [-0.3, -0.25) is 0 Å². The molecule has 0 aliphatic carbocycles. The fourth-order valence-corrected chi connectivity index (χ4v) is 2.14. The highest BCUT2D eigenvalue weighted by Gasteiger charge is 2.16. The summed E-state index contributed by atoms with van der Waals surface area (Å²) in [7, 11) is 0. The zero-order valence-corrected chi connectivity index (χ0v) is 15.5. The predicted molar refractivity (Wildman–Crippen MR) is 96.1 cm³/mol. The number of hydrogen-bond acceptors (Lipinski definition) is 3. The number of hydrogen-bond donors (Lipinski definition) is 2. The first kappa shape index (κ1) is 18.2. The van der Waals surface area contributed by atoms with E-state index in [1.54, 1.807) is 0 Å². The zero-order chi connectivity index (χ0) is 14.8. The number of ether oxygens (including phenoxy) is 2. The summed E-state index contributed by atoms with van der Waals surface area (Å²) in [4.78, 5) is 4.30. The van der Waals surface area contributed by atoms with Gasteiger partial charge in [0.1, 0.15) is 13.2 Å². The summed E-state index contributed by atoms with van der Waals surface area (Å²) in [6.45, 7) is 7.56. The molecule has 5 nitrogen and oxygen atoms in total. The fourth-order valence-electron chi connectivity index (χ4n) is 1.86. The first-order chi connectivity index (χ1) is 9.35. The van der Waals surface area contributed by atoms with Crippen LogP contribution in [0.4, 0.5) is 0 Å². The first-order valence-electron chi connectivity index (χ1n) is 6.51. The van der Waals surface area contributed by atoms with E-state index < -0.39 is 0 Å². The Morgan fingerprint density at radius 1 is 1.33 bits per heavy atom. The van der Waals surface area contributed by atoms with Crippen LogP contribution >= 0.6 is 35.6 Å². The zero-order valence-electron chi connectivity index (χ0n) is 12.4. The molecule has 1 aromatic carbocycles. The van der Waals surface area contributed by atoms with Crippen LogP contribution in [0.25, 0.3) is 0 Å². The van der Waals surface area contributed by atoms with Crippen molar-refractivity contribution in [1.29, 1.82) is 0 Å². The Morgan fingerprint density at radius 2 is 2.00 bits per heavy atom. The predicted octanol–water partition coefficient (Wildman–Crippen LogP) is 2.93. The Morgan fingerprint density at radius 3 is 2.67 bits per heavy atom. The van der Waals surface area contributed by atoms with Crippen molar-refractivity contribution in [3.63, 3.8) is 0 Å². The number of halogens is 2. The Hall–Kier alpha value is -0.890.